The summed E-state index contributed by atoms with van der Waals surface area (Å²) in [6.07, 6.45) is 3.73. The van der Waals surface area contributed by atoms with Gasteiger partial charge in [0, 0.05) is 24.8 Å². The van der Waals surface area contributed by atoms with E-state index in [1.807, 2.05) is 17.7 Å². The lowest BCUT2D eigenvalue weighted by atomic mass is 10.6. The lowest BCUT2D eigenvalue weighted by Gasteiger charge is -2.04. The molecule has 0 aliphatic rings. The first kappa shape index (κ1) is 9.55. The summed E-state index contributed by atoms with van der Waals surface area (Å²) < 4.78 is 7.28. The monoisotopic (exact) mass is 188 g/mol. The van der Waals surface area contributed by atoms with Crippen LogP contribution in [0.4, 0.5) is 0 Å². The van der Waals surface area contributed by atoms with Crippen molar-refractivity contribution in [2.75, 3.05) is 19.1 Å². The molecule has 0 unspecified atom stereocenters. The molecule has 1 heterocycles. The van der Waals surface area contributed by atoms with Crippen LogP contribution in [0.1, 0.15) is 5.82 Å². The Kier molecular flexibility index (Phi) is 4.11. The highest BCUT2D eigenvalue weighted by atomic mass is 35.5. The second kappa shape index (κ2) is 5.17. The maximum absolute atomic E-state index is 5.45. The first-order chi connectivity index (χ1) is 5.84. The molecular weight excluding hydrogens is 176 g/mol. The minimum Gasteiger partial charge on any atom is -0.378 e. The van der Waals surface area contributed by atoms with Crippen molar-refractivity contribution in [2.24, 2.45) is 0 Å². The predicted molar refractivity (Wildman–Crippen MR) is 48.5 cm³/mol. The number of imidazole rings is 1. The van der Waals surface area contributed by atoms with Gasteiger partial charge >= 0.3 is 0 Å². The lowest BCUT2D eigenvalue weighted by molar-refractivity contribution is 0.140. The Hall–Kier alpha value is -0.540. The minimum absolute atomic E-state index is 0.558. The average molecular weight is 189 g/mol. The average Bonchev–Trinajstić information content (AvgIpc) is 2.46. The van der Waals surface area contributed by atoms with Gasteiger partial charge in [0.25, 0.3) is 0 Å². The Balaban J connectivity index is 2.20. The fourth-order valence-corrected chi connectivity index (χ4v) is 1.07. The molecule has 0 atom stereocenters. The molecule has 0 bridgehead atoms. The molecule has 0 aliphatic carbocycles. The van der Waals surface area contributed by atoms with E-state index in [0.29, 0.717) is 19.1 Å². The van der Waals surface area contributed by atoms with E-state index in [1.165, 1.54) is 0 Å². The van der Waals surface area contributed by atoms with Crippen molar-refractivity contribution in [1.82, 2.24) is 9.55 Å². The van der Waals surface area contributed by atoms with Gasteiger partial charge < -0.3 is 9.30 Å². The smallest absolute Gasteiger partial charge is 0.105 e. The molecule has 0 aromatic carbocycles. The number of alkyl halides is 1. The van der Waals surface area contributed by atoms with Crippen molar-refractivity contribution < 1.29 is 4.74 Å². The third kappa shape index (κ3) is 2.83. The molecule has 0 saturated heterocycles. The summed E-state index contributed by atoms with van der Waals surface area (Å²) in [5.74, 6) is 1.58. The van der Waals surface area contributed by atoms with E-state index in [-0.39, 0.29) is 0 Å². The second-order valence-electron chi connectivity index (χ2n) is 2.47. The highest BCUT2D eigenvalue weighted by Gasteiger charge is 1.94. The van der Waals surface area contributed by atoms with E-state index in [1.54, 1.807) is 6.20 Å². The highest BCUT2D eigenvalue weighted by molar-refractivity contribution is 6.17. The Labute approximate surface area is 77.3 Å². The summed E-state index contributed by atoms with van der Waals surface area (Å²) in [7, 11) is 0. The molecule has 1 aromatic rings. The largest absolute Gasteiger partial charge is 0.378 e. The van der Waals surface area contributed by atoms with E-state index in [9.17, 15) is 0 Å². The lowest BCUT2D eigenvalue weighted by Crippen LogP contribution is -2.07. The zero-order valence-corrected chi connectivity index (χ0v) is 7.92. The van der Waals surface area contributed by atoms with Crippen molar-refractivity contribution in [3.8, 4) is 0 Å². The SMILES string of the molecule is Cc1nccn1CCOCCCl. The van der Waals surface area contributed by atoms with Crippen molar-refractivity contribution >= 4 is 11.6 Å². The number of nitrogens with zero attached hydrogens (tertiary/aromatic N) is 2. The fraction of sp³-hybridized carbons (Fsp3) is 0.625. The van der Waals surface area contributed by atoms with Gasteiger partial charge in [0.1, 0.15) is 5.82 Å². The van der Waals surface area contributed by atoms with Gasteiger partial charge in [-0.05, 0) is 6.92 Å². The number of hydrogen-bond acceptors (Lipinski definition) is 2. The third-order valence-corrected chi connectivity index (χ3v) is 1.78. The van der Waals surface area contributed by atoms with Crippen LogP contribution in [0.3, 0.4) is 0 Å². The molecule has 3 nitrogen and oxygen atoms in total. The van der Waals surface area contributed by atoms with Crippen molar-refractivity contribution in [3.63, 3.8) is 0 Å². The van der Waals surface area contributed by atoms with Crippen LogP contribution in [0, 0.1) is 6.92 Å². The topological polar surface area (TPSA) is 27.1 Å². The van der Waals surface area contributed by atoms with E-state index < -0.39 is 0 Å². The van der Waals surface area contributed by atoms with Crippen LogP contribution in [0.5, 0.6) is 0 Å². The van der Waals surface area contributed by atoms with E-state index in [2.05, 4.69) is 4.98 Å². The second-order valence-corrected chi connectivity index (χ2v) is 2.85. The fourth-order valence-electron chi connectivity index (χ4n) is 0.960. The summed E-state index contributed by atoms with van der Waals surface area (Å²) in [6.45, 7) is 4.14. The Bertz CT molecular complexity index is 225. The maximum Gasteiger partial charge on any atom is 0.105 e. The van der Waals surface area contributed by atoms with E-state index in [0.717, 1.165) is 12.4 Å². The van der Waals surface area contributed by atoms with Crippen molar-refractivity contribution in [3.05, 3.63) is 18.2 Å². The molecule has 0 radical (unpaired) electrons. The molecule has 4 heteroatoms. The molecule has 1 aromatic heterocycles. The molecule has 1 rings (SSSR count). The van der Waals surface area contributed by atoms with Crippen LogP contribution in [-0.4, -0.2) is 28.6 Å². The Morgan fingerprint density at radius 3 is 3.00 bits per heavy atom. The van der Waals surface area contributed by atoms with Crippen molar-refractivity contribution in [1.29, 1.82) is 0 Å². The molecule has 0 fully saturated rings. The summed E-state index contributed by atoms with van der Waals surface area (Å²) in [4.78, 5) is 4.10. The summed E-state index contributed by atoms with van der Waals surface area (Å²) in [5.41, 5.74) is 0. The molecule has 0 aliphatic heterocycles. The number of halogens is 1. The molecule has 0 spiro atoms. The van der Waals surface area contributed by atoms with Gasteiger partial charge in [-0.25, -0.2) is 4.98 Å². The molecule has 0 N–H and O–H groups in total. The molecular formula is C8H13ClN2O. The van der Waals surface area contributed by atoms with Crippen molar-refractivity contribution in [2.45, 2.75) is 13.5 Å². The molecule has 68 valence electrons. The first-order valence-corrected chi connectivity index (χ1v) is 4.49. The van der Waals surface area contributed by atoms with E-state index in [4.69, 9.17) is 16.3 Å². The van der Waals surface area contributed by atoms with Gasteiger partial charge in [-0.3, -0.25) is 0 Å². The Morgan fingerprint density at radius 2 is 2.42 bits per heavy atom. The number of rotatable bonds is 5. The van der Waals surface area contributed by atoms with Gasteiger partial charge in [0.2, 0.25) is 0 Å². The first-order valence-electron chi connectivity index (χ1n) is 3.96. The number of aromatic nitrogens is 2. The van der Waals surface area contributed by atoms with Crippen LogP contribution in [0.25, 0.3) is 0 Å². The summed E-state index contributed by atoms with van der Waals surface area (Å²) in [6, 6.07) is 0. The Morgan fingerprint density at radius 1 is 1.58 bits per heavy atom. The normalized spacial score (nSPS) is 10.5. The number of ether oxygens (including phenoxy) is 1. The zero-order valence-electron chi connectivity index (χ0n) is 7.16. The van der Waals surface area contributed by atoms with Crippen LogP contribution in [0.2, 0.25) is 0 Å². The van der Waals surface area contributed by atoms with Crippen LogP contribution in [0.15, 0.2) is 12.4 Å². The minimum atomic E-state index is 0.558. The predicted octanol–water partition coefficient (Wildman–Crippen LogP) is 1.45. The molecule has 0 amide bonds. The van der Waals surface area contributed by atoms with Crippen LogP contribution >= 0.6 is 11.6 Å². The zero-order chi connectivity index (χ0) is 8.81. The van der Waals surface area contributed by atoms with Gasteiger partial charge in [-0.2, -0.15) is 0 Å². The quantitative estimate of drug-likeness (QED) is 0.517. The van der Waals surface area contributed by atoms with Crippen LogP contribution < -0.4 is 0 Å². The third-order valence-electron chi connectivity index (χ3n) is 1.62. The van der Waals surface area contributed by atoms with Gasteiger partial charge in [-0.15, -0.1) is 11.6 Å². The number of hydrogen-bond donors (Lipinski definition) is 0. The number of aryl methyl sites for hydroxylation is 1. The summed E-state index contributed by atoms with van der Waals surface area (Å²) >= 11 is 5.45. The summed E-state index contributed by atoms with van der Waals surface area (Å²) in [5, 5.41) is 0. The van der Waals surface area contributed by atoms with Crippen LogP contribution in [-0.2, 0) is 11.3 Å². The highest BCUT2D eigenvalue weighted by Crippen LogP contribution is 1.94. The van der Waals surface area contributed by atoms with Gasteiger partial charge in [0.15, 0.2) is 0 Å². The maximum atomic E-state index is 5.45. The molecule has 12 heavy (non-hydrogen) atoms. The molecule has 0 saturated carbocycles. The van der Waals surface area contributed by atoms with Gasteiger partial charge in [-0.1, -0.05) is 0 Å². The standard InChI is InChI=1S/C8H13ClN2O/c1-8-10-3-4-11(8)5-7-12-6-2-9/h3-4H,2,5-7H2,1H3. The van der Waals surface area contributed by atoms with E-state index >= 15 is 0 Å². The van der Waals surface area contributed by atoms with Gasteiger partial charge in [0.05, 0.1) is 13.2 Å².